The first-order valence-corrected chi connectivity index (χ1v) is 7.35. The summed E-state index contributed by atoms with van der Waals surface area (Å²) < 4.78 is 0. The van der Waals surface area contributed by atoms with E-state index in [4.69, 9.17) is 0 Å². The molecule has 1 aromatic heterocycles. The topological polar surface area (TPSA) is 37.3 Å². The van der Waals surface area contributed by atoms with Crippen LogP contribution in [0.1, 0.15) is 38.2 Å². The predicted molar refractivity (Wildman–Crippen MR) is 70.3 cm³/mol. The van der Waals surface area contributed by atoms with Crippen molar-refractivity contribution in [2.24, 2.45) is 17.8 Å². The highest BCUT2D eigenvalue weighted by Crippen LogP contribution is 2.36. The van der Waals surface area contributed by atoms with Crippen molar-refractivity contribution >= 4 is 17.3 Å². The molecule has 0 aromatic carbocycles. The van der Waals surface area contributed by atoms with E-state index in [1.54, 1.807) is 11.3 Å². The van der Waals surface area contributed by atoms with Crippen LogP contribution in [0.25, 0.3) is 0 Å². The van der Waals surface area contributed by atoms with Crippen LogP contribution in [0.15, 0.2) is 16.8 Å². The summed E-state index contributed by atoms with van der Waals surface area (Å²) >= 11 is 1.72. The molecule has 94 valence electrons. The minimum atomic E-state index is -0.591. The van der Waals surface area contributed by atoms with E-state index in [2.05, 4.69) is 23.8 Å². The Kier molecular flexibility index (Phi) is 4.21. The van der Waals surface area contributed by atoms with Crippen LogP contribution in [0.5, 0.6) is 0 Å². The highest BCUT2D eigenvalue weighted by atomic mass is 32.1. The molecule has 1 N–H and O–H groups in total. The second-order valence-corrected chi connectivity index (χ2v) is 6.07. The van der Waals surface area contributed by atoms with Gasteiger partial charge in [-0.05, 0) is 66.3 Å². The van der Waals surface area contributed by atoms with Crippen LogP contribution < -0.4 is 0 Å². The third-order valence-corrected chi connectivity index (χ3v) is 4.68. The number of aliphatic carboxylic acids is 1. The lowest BCUT2D eigenvalue weighted by molar-refractivity contribution is -0.145. The number of carboxylic acids is 1. The molecule has 0 saturated heterocycles. The zero-order chi connectivity index (χ0) is 12.3. The molecule has 1 heterocycles. The van der Waals surface area contributed by atoms with Crippen molar-refractivity contribution in [1.82, 2.24) is 0 Å². The molecule has 2 rings (SSSR count). The van der Waals surface area contributed by atoms with Crippen molar-refractivity contribution in [2.75, 3.05) is 0 Å². The van der Waals surface area contributed by atoms with Gasteiger partial charge < -0.3 is 5.11 Å². The number of rotatable bonds is 4. The minimum absolute atomic E-state index is 0.107. The molecule has 3 unspecified atom stereocenters. The van der Waals surface area contributed by atoms with Gasteiger partial charge in [-0.2, -0.15) is 11.3 Å². The van der Waals surface area contributed by atoms with Gasteiger partial charge in [-0.15, -0.1) is 0 Å². The average Bonchev–Trinajstić information content (AvgIpc) is 2.78. The van der Waals surface area contributed by atoms with E-state index in [1.807, 2.05) is 0 Å². The van der Waals surface area contributed by atoms with E-state index in [0.29, 0.717) is 11.8 Å². The van der Waals surface area contributed by atoms with Crippen LogP contribution in [0.2, 0.25) is 0 Å². The lowest BCUT2D eigenvalue weighted by Gasteiger charge is -2.32. The van der Waals surface area contributed by atoms with E-state index in [0.717, 1.165) is 32.1 Å². The Bertz CT molecular complexity index is 358. The molecule has 0 amide bonds. The van der Waals surface area contributed by atoms with E-state index in [1.165, 1.54) is 5.56 Å². The lowest BCUT2D eigenvalue weighted by atomic mass is 9.72. The molecule has 1 aromatic rings. The Labute approximate surface area is 107 Å². The number of carboxylic acid groups (broad SMARTS) is 1. The third-order valence-electron chi connectivity index (χ3n) is 3.95. The van der Waals surface area contributed by atoms with Crippen LogP contribution in [0.4, 0.5) is 0 Å². The smallest absolute Gasteiger partial charge is 0.306 e. The molecule has 1 fully saturated rings. The van der Waals surface area contributed by atoms with Gasteiger partial charge in [0.15, 0.2) is 0 Å². The van der Waals surface area contributed by atoms with Gasteiger partial charge in [-0.1, -0.05) is 6.92 Å². The quantitative estimate of drug-likeness (QED) is 0.884. The van der Waals surface area contributed by atoms with Crippen LogP contribution in [0.3, 0.4) is 0 Å². The first-order valence-electron chi connectivity index (χ1n) is 6.40. The number of hydrogen-bond donors (Lipinski definition) is 1. The van der Waals surface area contributed by atoms with Gasteiger partial charge in [0.25, 0.3) is 0 Å². The average molecular weight is 252 g/mol. The molecule has 17 heavy (non-hydrogen) atoms. The number of hydrogen-bond acceptors (Lipinski definition) is 2. The first kappa shape index (κ1) is 12.6. The van der Waals surface area contributed by atoms with Gasteiger partial charge in [0.05, 0.1) is 5.92 Å². The second kappa shape index (κ2) is 5.67. The van der Waals surface area contributed by atoms with E-state index in [-0.39, 0.29) is 5.92 Å². The maximum atomic E-state index is 11.2. The highest BCUT2D eigenvalue weighted by Gasteiger charge is 2.32. The summed E-state index contributed by atoms with van der Waals surface area (Å²) in [7, 11) is 0. The Morgan fingerprint density at radius 1 is 1.53 bits per heavy atom. The third kappa shape index (κ3) is 3.32. The molecule has 3 heteroatoms. The Hall–Kier alpha value is -0.830. The normalized spacial score (nSPS) is 29.1. The van der Waals surface area contributed by atoms with E-state index >= 15 is 0 Å². The van der Waals surface area contributed by atoms with Crippen molar-refractivity contribution in [3.63, 3.8) is 0 Å². The summed E-state index contributed by atoms with van der Waals surface area (Å²) in [5.74, 6) is 0.367. The van der Waals surface area contributed by atoms with Gasteiger partial charge in [-0.3, -0.25) is 4.79 Å². The van der Waals surface area contributed by atoms with Gasteiger partial charge in [0, 0.05) is 0 Å². The van der Waals surface area contributed by atoms with Crippen molar-refractivity contribution in [3.05, 3.63) is 22.4 Å². The molecule has 0 spiro atoms. The summed E-state index contributed by atoms with van der Waals surface area (Å²) in [5.41, 5.74) is 1.36. The molecule has 0 bridgehead atoms. The fourth-order valence-corrected chi connectivity index (χ4v) is 3.63. The van der Waals surface area contributed by atoms with E-state index in [9.17, 15) is 9.90 Å². The van der Waals surface area contributed by atoms with Crippen molar-refractivity contribution in [3.8, 4) is 0 Å². The predicted octanol–water partition coefficient (Wildman–Crippen LogP) is 3.82. The maximum absolute atomic E-state index is 11.2. The Balaban J connectivity index is 1.93. The second-order valence-electron chi connectivity index (χ2n) is 5.29. The molecule has 1 aliphatic carbocycles. The lowest BCUT2D eigenvalue weighted by Crippen LogP contribution is -2.30. The van der Waals surface area contributed by atoms with Crippen molar-refractivity contribution in [2.45, 2.75) is 39.0 Å². The molecular formula is C14H20O2S. The van der Waals surface area contributed by atoms with Gasteiger partial charge in [-0.25, -0.2) is 0 Å². The van der Waals surface area contributed by atoms with Gasteiger partial charge >= 0.3 is 5.97 Å². The Morgan fingerprint density at radius 2 is 2.35 bits per heavy atom. The SMILES string of the molecule is CC1CCC(C(=O)O)C(CCc2ccsc2)C1. The van der Waals surface area contributed by atoms with E-state index < -0.39 is 5.97 Å². The summed E-state index contributed by atoms with van der Waals surface area (Å²) in [6.07, 6.45) is 5.08. The Morgan fingerprint density at radius 3 is 3.00 bits per heavy atom. The van der Waals surface area contributed by atoms with Gasteiger partial charge in [0.1, 0.15) is 0 Å². The highest BCUT2D eigenvalue weighted by molar-refractivity contribution is 7.07. The number of aryl methyl sites for hydroxylation is 1. The summed E-state index contributed by atoms with van der Waals surface area (Å²) in [6.45, 7) is 2.25. The standard InChI is InChI=1S/C14H20O2S/c1-10-2-5-13(14(15)16)12(8-10)4-3-11-6-7-17-9-11/h6-7,9-10,12-13H,2-5,8H2,1H3,(H,15,16). The zero-order valence-corrected chi connectivity index (χ0v) is 11.1. The molecule has 0 aliphatic heterocycles. The molecule has 3 atom stereocenters. The van der Waals surface area contributed by atoms with Crippen molar-refractivity contribution in [1.29, 1.82) is 0 Å². The number of thiophene rings is 1. The minimum Gasteiger partial charge on any atom is -0.481 e. The molecule has 2 nitrogen and oxygen atoms in total. The van der Waals surface area contributed by atoms with Crippen LogP contribution >= 0.6 is 11.3 Å². The monoisotopic (exact) mass is 252 g/mol. The fraction of sp³-hybridized carbons (Fsp3) is 0.643. The molecule has 1 aliphatic rings. The summed E-state index contributed by atoms with van der Waals surface area (Å²) in [5, 5.41) is 13.5. The van der Waals surface area contributed by atoms with Gasteiger partial charge in [0.2, 0.25) is 0 Å². The van der Waals surface area contributed by atoms with Crippen molar-refractivity contribution < 1.29 is 9.90 Å². The van der Waals surface area contributed by atoms with Crippen LogP contribution in [-0.2, 0) is 11.2 Å². The molecule has 1 saturated carbocycles. The molecular weight excluding hydrogens is 232 g/mol. The zero-order valence-electron chi connectivity index (χ0n) is 10.3. The summed E-state index contributed by atoms with van der Waals surface area (Å²) in [4.78, 5) is 11.2. The maximum Gasteiger partial charge on any atom is 0.306 e. The summed E-state index contributed by atoms with van der Waals surface area (Å²) in [6, 6.07) is 2.15. The van der Waals surface area contributed by atoms with Crippen LogP contribution in [-0.4, -0.2) is 11.1 Å². The molecule has 0 radical (unpaired) electrons. The number of carbonyl (C=O) groups is 1. The van der Waals surface area contributed by atoms with Crippen LogP contribution in [0, 0.1) is 17.8 Å². The first-order chi connectivity index (χ1) is 8.16. The largest absolute Gasteiger partial charge is 0.481 e. The fourth-order valence-electron chi connectivity index (χ4n) is 2.93.